The maximum Gasteiger partial charge on any atom is 0.0437 e. The van der Waals surface area contributed by atoms with E-state index in [1.165, 1.54) is 5.56 Å². The third kappa shape index (κ3) is 3.69. The molecule has 0 aliphatic heterocycles. The highest BCUT2D eigenvalue weighted by atomic mass is 35.5. The maximum absolute atomic E-state index is 6.03. The maximum atomic E-state index is 6.03. The lowest BCUT2D eigenvalue weighted by atomic mass is 10.1. The molecule has 0 aromatic heterocycles. The number of hydrogen-bond donors (Lipinski definition) is 1. The van der Waals surface area contributed by atoms with E-state index in [9.17, 15) is 0 Å². The molecule has 0 spiro atoms. The Morgan fingerprint density at radius 2 is 2.07 bits per heavy atom. The van der Waals surface area contributed by atoms with Gasteiger partial charge in [-0.05, 0) is 37.1 Å². The normalized spacial score (nSPS) is 10.9. The lowest BCUT2D eigenvalue weighted by Gasteiger charge is -2.08. The van der Waals surface area contributed by atoms with Gasteiger partial charge in [0.1, 0.15) is 0 Å². The average molecular weight is 212 g/mol. The highest BCUT2D eigenvalue weighted by Crippen LogP contribution is 2.16. The van der Waals surface area contributed by atoms with E-state index in [0.717, 1.165) is 23.6 Å². The van der Waals surface area contributed by atoms with Gasteiger partial charge in [0.05, 0.1) is 0 Å². The summed E-state index contributed by atoms with van der Waals surface area (Å²) in [4.78, 5) is 0. The van der Waals surface area contributed by atoms with E-state index in [2.05, 4.69) is 37.4 Å². The first-order valence-corrected chi connectivity index (χ1v) is 5.46. The van der Waals surface area contributed by atoms with Crippen molar-refractivity contribution in [1.82, 2.24) is 5.32 Å². The topological polar surface area (TPSA) is 12.0 Å². The van der Waals surface area contributed by atoms with Gasteiger partial charge in [0.25, 0.3) is 0 Å². The van der Waals surface area contributed by atoms with Crippen LogP contribution in [0.5, 0.6) is 0 Å². The number of nitrogens with one attached hydrogen (secondary N) is 1. The molecule has 0 aliphatic carbocycles. The van der Waals surface area contributed by atoms with Crippen LogP contribution < -0.4 is 5.32 Å². The van der Waals surface area contributed by atoms with Crippen LogP contribution in [0, 0.1) is 6.92 Å². The Hall–Kier alpha value is -0.530. The van der Waals surface area contributed by atoms with Gasteiger partial charge in [0, 0.05) is 11.1 Å². The summed E-state index contributed by atoms with van der Waals surface area (Å²) < 4.78 is 0. The summed E-state index contributed by atoms with van der Waals surface area (Å²) in [6, 6.07) is 6.82. The van der Waals surface area contributed by atoms with Crippen LogP contribution in [0.3, 0.4) is 0 Å². The first-order chi connectivity index (χ1) is 6.59. The number of benzene rings is 1. The van der Waals surface area contributed by atoms with E-state index in [0.29, 0.717) is 6.04 Å². The molecule has 0 radical (unpaired) electrons. The average Bonchev–Trinajstić information content (AvgIpc) is 2.10. The zero-order valence-electron chi connectivity index (χ0n) is 9.10. The molecule has 0 saturated heterocycles. The molecule has 0 bridgehead atoms. The van der Waals surface area contributed by atoms with Crippen molar-refractivity contribution >= 4 is 11.6 Å². The van der Waals surface area contributed by atoms with Gasteiger partial charge in [-0.2, -0.15) is 0 Å². The monoisotopic (exact) mass is 211 g/mol. The van der Waals surface area contributed by atoms with Gasteiger partial charge < -0.3 is 5.32 Å². The molecule has 1 aromatic rings. The fourth-order valence-corrected chi connectivity index (χ4v) is 1.50. The lowest BCUT2D eigenvalue weighted by Crippen LogP contribution is -2.24. The highest BCUT2D eigenvalue weighted by molar-refractivity contribution is 6.31. The summed E-state index contributed by atoms with van der Waals surface area (Å²) >= 11 is 6.03. The van der Waals surface area contributed by atoms with Crippen LogP contribution in [0.2, 0.25) is 5.02 Å². The second kappa shape index (κ2) is 5.38. The summed E-state index contributed by atoms with van der Waals surface area (Å²) in [6.07, 6.45) is 1.04. The number of hydrogen-bond acceptors (Lipinski definition) is 1. The third-order valence-corrected chi connectivity index (χ3v) is 2.61. The van der Waals surface area contributed by atoms with Crippen molar-refractivity contribution in [2.24, 2.45) is 0 Å². The van der Waals surface area contributed by atoms with Crippen molar-refractivity contribution in [2.45, 2.75) is 33.2 Å². The third-order valence-electron chi connectivity index (χ3n) is 2.20. The quantitative estimate of drug-likeness (QED) is 0.807. The van der Waals surface area contributed by atoms with Crippen LogP contribution in [0.1, 0.15) is 25.0 Å². The molecule has 0 aliphatic rings. The van der Waals surface area contributed by atoms with Gasteiger partial charge in [-0.1, -0.05) is 37.6 Å². The zero-order valence-corrected chi connectivity index (χ0v) is 9.86. The summed E-state index contributed by atoms with van der Waals surface area (Å²) in [5.41, 5.74) is 2.45. The Kier molecular flexibility index (Phi) is 4.43. The van der Waals surface area contributed by atoms with Gasteiger partial charge in [-0.15, -0.1) is 0 Å². The lowest BCUT2D eigenvalue weighted by molar-refractivity contribution is 0.590. The number of aryl methyl sites for hydroxylation is 1. The Labute approximate surface area is 91.5 Å². The Morgan fingerprint density at radius 3 is 2.64 bits per heavy atom. The first kappa shape index (κ1) is 11.5. The fraction of sp³-hybridized carbons (Fsp3) is 0.500. The molecule has 1 nitrogen and oxygen atoms in total. The molecule has 78 valence electrons. The Bertz CT molecular complexity index is 294. The van der Waals surface area contributed by atoms with Crippen molar-refractivity contribution < 1.29 is 0 Å². The van der Waals surface area contributed by atoms with Crippen LogP contribution in [0.4, 0.5) is 0 Å². The van der Waals surface area contributed by atoms with Gasteiger partial charge >= 0.3 is 0 Å². The van der Waals surface area contributed by atoms with Crippen LogP contribution in [-0.2, 0) is 6.42 Å². The van der Waals surface area contributed by atoms with E-state index in [1.807, 2.05) is 6.92 Å². The summed E-state index contributed by atoms with van der Waals surface area (Å²) in [5, 5.41) is 4.25. The van der Waals surface area contributed by atoms with Gasteiger partial charge in [0.15, 0.2) is 0 Å². The smallest absolute Gasteiger partial charge is 0.0437 e. The molecule has 2 heteroatoms. The Balaban J connectivity index is 2.47. The second-order valence-corrected chi connectivity index (χ2v) is 4.35. The van der Waals surface area contributed by atoms with Gasteiger partial charge in [-0.25, -0.2) is 0 Å². The minimum Gasteiger partial charge on any atom is -0.314 e. The number of rotatable bonds is 4. The van der Waals surface area contributed by atoms with Crippen LogP contribution in [0.15, 0.2) is 18.2 Å². The number of halogens is 1. The van der Waals surface area contributed by atoms with Crippen LogP contribution >= 0.6 is 11.6 Å². The SMILES string of the molecule is Cc1ccc(CCNC(C)C)cc1Cl. The predicted molar refractivity (Wildman–Crippen MR) is 63.0 cm³/mol. The predicted octanol–water partition coefficient (Wildman–Crippen LogP) is 3.19. The molecular weight excluding hydrogens is 194 g/mol. The van der Waals surface area contributed by atoms with E-state index in [-0.39, 0.29) is 0 Å². The molecule has 0 fully saturated rings. The molecule has 1 aromatic carbocycles. The van der Waals surface area contributed by atoms with Gasteiger partial charge in [-0.3, -0.25) is 0 Å². The molecule has 1 N–H and O–H groups in total. The van der Waals surface area contributed by atoms with Crippen molar-refractivity contribution in [3.8, 4) is 0 Å². The standard InChI is InChI=1S/C12H18ClN/c1-9(2)14-7-6-11-5-4-10(3)12(13)8-11/h4-5,8-9,14H,6-7H2,1-3H3. The molecule has 1 rings (SSSR count). The van der Waals surface area contributed by atoms with E-state index in [4.69, 9.17) is 11.6 Å². The molecule has 14 heavy (non-hydrogen) atoms. The van der Waals surface area contributed by atoms with Gasteiger partial charge in [0.2, 0.25) is 0 Å². The van der Waals surface area contributed by atoms with Crippen molar-refractivity contribution in [1.29, 1.82) is 0 Å². The largest absolute Gasteiger partial charge is 0.314 e. The zero-order chi connectivity index (χ0) is 10.6. The molecule has 0 atom stereocenters. The molecular formula is C12H18ClN. The Morgan fingerprint density at radius 1 is 1.36 bits per heavy atom. The van der Waals surface area contributed by atoms with Crippen LogP contribution in [-0.4, -0.2) is 12.6 Å². The molecule has 0 unspecified atom stereocenters. The summed E-state index contributed by atoms with van der Waals surface area (Å²) in [7, 11) is 0. The van der Waals surface area contributed by atoms with E-state index in [1.54, 1.807) is 0 Å². The molecule has 0 heterocycles. The highest BCUT2D eigenvalue weighted by Gasteiger charge is 1.98. The second-order valence-electron chi connectivity index (χ2n) is 3.94. The van der Waals surface area contributed by atoms with E-state index >= 15 is 0 Å². The van der Waals surface area contributed by atoms with Crippen LogP contribution in [0.25, 0.3) is 0 Å². The molecule has 0 amide bonds. The van der Waals surface area contributed by atoms with Crippen molar-refractivity contribution in [2.75, 3.05) is 6.54 Å². The summed E-state index contributed by atoms with van der Waals surface area (Å²) in [5.74, 6) is 0. The minimum absolute atomic E-state index is 0.552. The minimum atomic E-state index is 0.552. The fourth-order valence-electron chi connectivity index (χ4n) is 1.30. The van der Waals surface area contributed by atoms with Crippen molar-refractivity contribution in [3.63, 3.8) is 0 Å². The molecule has 0 saturated carbocycles. The van der Waals surface area contributed by atoms with E-state index < -0.39 is 0 Å². The van der Waals surface area contributed by atoms with Crippen molar-refractivity contribution in [3.05, 3.63) is 34.3 Å². The first-order valence-electron chi connectivity index (χ1n) is 5.08. The summed E-state index contributed by atoms with van der Waals surface area (Å²) in [6.45, 7) is 7.35.